The molecule has 1 aromatic heterocycles. The van der Waals surface area contributed by atoms with Crippen molar-refractivity contribution >= 4 is 38.4 Å². The van der Waals surface area contributed by atoms with Crippen molar-refractivity contribution in [3.05, 3.63) is 62.9 Å². The van der Waals surface area contributed by atoms with E-state index in [9.17, 15) is 13.2 Å². The SMILES string of the molecule is CCc1cc2cc(Cl)c(CCCS(C)(=O)=O)c(COc3ccc(CCC(=O)O)c(C)c3C)c2o1. The molecule has 0 unspecified atom stereocenters. The zero-order chi connectivity index (χ0) is 25.0. The molecule has 0 spiro atoms. The van der Waals surface area contributed by atoms with E-state index in [0.717, 1.165) is 45.4 Å². The highest BCUT2D eigenvalue weighted by molar-refractivity contribution is 7.90. The van der Waals surface area contributed by atoms with Crippen LogP contribution >= 0.6 is 11.6 Å². The molecular weight excluding hydrogens is 476 g/mol. The average molecular weight is 507 g/mol. The molecule has 0 fully saturated rings. The number of aryl methyl sites for hydroxylation is 2. The van der Waals surface area contributed by atoms with E-state index < -0.39 is 15.8 Å². The second-order valence-electron chi connectivity index (χ2n) is 8.69. The van der Waals surface area contributed by atoms with Crippen molar-refractivity contribution in [2.24, 2.45) is 0 Å². The van der Waals surface area contributed by atoms with Gasteiger partial charge in [0.2, 0.25) is 0 Å². The summed E-state index contributed by atoms with van der Waals surface area (Å²) in [6, 6.07) is 7.61. The topological polar surface area (TPSA) is 93.8 Å². The lowest BCUT2D eigenvalue weighted by atomic mass is 9.98. The van der Waals surface area contributed by atoms with Gasteiger partial charge in [0.05, 0.1) is 5.75 Å². The summed E-state index contributed by atoms with van der Waals surface area (Å²) < 4.78 is 35.6. The predicted molar refractivity (Wildman–Crippen MR) is 135 cm³/mol. The largest absolute Gasteiger partial charge is 0.488 e. The van der Waals surface area contributed by atoms with Gasteiger partial charge in [-0.2, -0.15) is 0 Å². The Morgan fingerprint density at radius 1 is 1.12 bits per heavy atom. The zero-order valence-corrected chi connectivity index (χ0v) is 21.6. The molecule has 1 N–H and O–H groups in total. The third kappa shape index (κ3) is 6.33. The second kappa shape index (κ2) is 10.8. The maximum Gasteiger partial charge on any atom is 0.303 e. The first-order valence-corrected chi connectivity index (χ1v) is 13.8. The van der Waals surface area contributed by atoms with Crippen molar-refractivity contribution in [2.75, 3.05) is 12.0 Å². The molecule has 0 radical (unpaired) electrons. The second-order valence-corrected chi connectivity index (χ2v) is 11.4. The van der Waals surface area contributed by atoms with Crippen molar-refractivity contribution in [1.29, 1.82) is 0 Å². The van der Waals surface area contributed by atoms with Gasteiger partial charge in [-0.1, -0.05) is 24.6 Å². The van der Waals surface area contributed by atoms with Crippen molar-refractivity contribution in [3.63, 3.8) is 0 Å². The molecule has 0 saturated carbocycles. The Kier molecular flexibility index (Phi) is 8.31. The molecule has 0 saturated heterocycles. The number of carboxylic acid groups (broad SMARTS) is 1. The fraction of sp³-hybridized carbons (Fsp3) is 0.423. The number of hydrogen-bond donors (Lipinski definition) is 1. The molecule has 3 aromatic rings. The van der Waals surface area contributed by atoms with Crippen LogP contribution in [0.3, 0.4) is 0 Å². The van der Waals surface area contributed by atoms with Crippen LogP contribution in [0.4, 0.5) is 0 Å². The van der Waals surface area contributed by atoms with Gasteiger partial charge in [0.15, 0.2) is 0 Å². The average Bonchev–Trinajstić information content (AvgIpc) is 3.17. The zero-order valence-electron chi connectivity index (χ0n) is 20.0. The number of carboxylic acids is 1. The lowest BCUT2D eigenvalue weighted by Gasteiger charge is -2.17. The van der Waals surface area contributed by atoms with Gasteiger partial charge in [0, 0.05) is 35.1 Å². The number of furan rings is 1. The van der Waals surface area contributed by atoms with Gasteiger partial charge >= 0.3 is 5.97 Å². The lowest BCUT2D eigenvalue weighted by Crippen LogP contribution is -2.08. The highest BCUT2D eigenvalue weighted by Crippen LogP contribution is 2.34. The normalized spacial score (nSPS) is 11.8. The fourth-order valence-electron chi connectivity index (χ4n) is 4.09. The molecule has 2 aromatic carbocycles. The van der Waals surface area contributed by atoms with E-state index in [1.807, 2.05) is 45.0 Å². The Bertz CT molecular complexity index is 1310. The molecule has 3 rings (SSSR count). The first-order chi connectivity index (χ1) is 16.0. The molecule has 0 aliphatic carbocycles. The Labute approximate surface area is 205 Å². The quantitative estimate of drug-likeness (QED) is 0.351. The molecule has 34 heavy (non-hydrogen) atoms. The van der Waals surface area contributed by atoms with E-state index in [-0.39, 0.29) is 18.8 Å². The molecule has 1 heterocycles. The van der Waals surface area contributed by atoms with Gasteiger partial charge in [0.25, 0.3) is 0 Å². The molecule has 0 atom stereocenters. The van der Waals surface area contributed by atoms with Crippen LogP contribution in [0, 0.1) is 13.8 Å². The van der Waals surface area contributed by atoms with Crippen LogP contribution in [0.5, 0.6) is 5.75 Å². The Morgan fingerprint density at radius 2 is 1.85 bits per heavy atom. The van der Waals surface area contributed by atoms with E-state index in [2.05, 4.69) is 0 Å². The summed E-state index contributed by atoms with van der Waals surface area (Å²) >= 11 is 6.64. The number of benzene rings is 2. The van der Waals surface area contributed by atoms with Gasteiger partial charge in [-0.25, -0.2) is 8.42 Å². The molecule has 0 bridgehead atoms. The summed E-state index contributed by atoms with van der Waals surface area (Å²) in [7, 11) is -3.08. The lowest BCUT2D eigenvalue weighted by molar-refractivity contribution is -0.136. The van der Waals surface area contributed by atoms with Gasteiger partial charge in [-0.05, 0) is 73.6 Å². The number of fused-ring (bicyclic) bond motifs is 1. The molecule has 8 heteroatoms. The van der Waals surface area contributed by atoms with E-state index >= 15 is 0 Å². The van der Waals surface area contributed by atoms with Gasteiger partial charge < -0.3 is 14.3 Å². The van der Waals surface area contributed by atoms with Crippen LogP contribution in [0.15, 0.2) is 28.7 Å². The fourth-order valence-corrected chi connectivity index (χ4v) is 5.08. The highest BCUT2D eigenvalue weighted by atomic mass is 35.5. The standard InChI is InChI=1S/C26H31ClO6S/c1-5-20-13-19-14-23(27)21(7-6-12-34(4,30)31)22(26(19)33-20)15-32-24-10-8-18(9-11-25(28)29)16(2)17(24)3/h8,10,13-14H,5-7,9,11-12,15H2,1-4H3,(H,28,29). The number of aliphatic carboxylic acids is 1. The van der Waals surface area contributed by atoms with Crippen LogP contribution in [0.1, 0.15) is 53.3 Å². The summed E-state index contributed by atoms with van der Waals surface area (Å²) in [4.78, 5) is 10.9. The number of carbonyl (C=O) groups is 1. The van der Waals surface area contributed by atoms with E-state index in [4.69, 9.17) is 25.9 Å². The molecule has 0 aliphatic rings. The van der Waals surface area contributed by atoms with Gasteiger partial charge in [-0.15, -0.1) is 0 Å². The number of ether oxygens (including phenoxy) is 1. The third-order valence-corrected chi connectivity index (χ3v) is 7.51. The smallest absolute Gasteiger partial charge is 0.303 e. The first-order valence-electron chi connectivity index (χ1n) is 11.3. The minimum Gasteiger partial charge on any atom is -0.488 e. The number of hydrogen-bond acceptors (Lipinski definition) is 5. The first kappa shape index (κ1) is 26.1. The van der Waals surface area contributed by atoms with Crippen molar-refractivity contribution in [2.45, 2.75) is 59.5 Å². The summed E-state index contributed by atoms with van der Waals surface area (Å²) in [5.41, 5.74) is 5.31. The number of rotatable bonds is 11. The van der Waals surface area contributed by atoms with Gasteiger partial charge in [-0.3, -0.25) is 4.79 Å². The maximum atomic E-state index is 11.6. The van der Waals surface area contributed by atoms with Crippen LogP contribution in [-0.2, 0) is 40.5 Å². The molecule has 0 amide bonds. The van der Waals surface area contributed by atoms with Gasteiger partial charge in [0.1, 0.15) is 33.5 Å². The van der Waals surface area contributed by atoms with Crippen molar-refractivity contribution < 1.29 is 27.5 Å². The Hall–Kier alpha value is -2.51. The minimum atomic E-state index is -3.08. The highest BCUT2D eigenvalue weighted by Gasteiger charge is 2.19. The minimum absolute atomic E-state index is 0.0794. The number of halogens is 1. The van der Waals surface area contributed by atoms with Crippen LogP contribution in [0.2, 0.25) is 5.02 Å². The van der Waals surface area contributed by atoms with E-state index in [0.29, 0.717) is 35.6 Å². The summed E-state index contributed by atoms with van der Waals surface area (Å²) in [5.74, 6) is 0.802. The summed E-state index contributed by atoms with van der Waals surface area (Å²) in [6.07, 6.45) is 3.47. The van der Waals surface area contributed by atoms with Crippen molar-refractivity contribution in [1.82, 2.24) is 0 Å². The molecule has 0 aliphatic heterocycles. The van der Waals surface area contributed by atoms with Crippen LogP contribution in [0.25, 0.3) is 11.0 Å². The van der Waals surface area contributed by atoms with Crippen LogP contribution < -0.4 is 4.74 Å². The third-order valence-electron chi connectivity index (χ3n) is 6.14. The predicted octanol–water partition coefficient (Wildman–Crippen LogP) is 5.84. The summed E-state index contributed by atoms with van der Waals surface area (Å²) in [5, 5.41) is 10.4. The maximum absolute atomic E-state index is 11.6. The summed E-state index contributed by atoms with van der Waals surface area (Å²) in [6.45, 7) is 6.16. The van der Waals surface area contributed by atoms with E-state index in [1.165, 1.54) is 6.26 Å². The van der Waals surface area contributed by atoms with Crippen molar-refractivity contribution in [3.8, 4) is 5.75 Å². The Morgan fingerprint density at radius 3 is 2.50 bits per heavy atom. The molecular formula is C26H31ClO6S. The van der Waals surface area contributed by atoms with E-state index in [1.54, 1.807) is 0 Å². The molecule has 184 valence electrons. The Balaban J connectivity index is 1.93. The molecule has 6 nitrogen and oxygen atoms in total. The monoisotopic (exact) mass is 506 g/mol. The van der Waals surface area contributed by atoms with Crippen LogP contribution in [-0.4, -0.2) is 31.5 Å². The number of sulfone groups is 1.